The molecule has 0 aliphatic carbocycles. The molecule has 1 rings (SSSR count). The van der Waals surface area contributed by atoms with Crippen molar-refractivity contribution >= 4 is 23.8 Å². The second-order valence-electron chi connectivity index (χ2n) is 6.46. The molecule has 1 fully saturated rings. The molecule has 122 valence electrons. The third-order valence-electron chi connectivity index (χ3n) is 3.15. The van der Waals surface area contributed by atoms with Gasteiger partial charge < -0.3 is 20.1 Å². The van der Waals surface area contributed by atoms with Gasteiger partial charge in [0, 0.05) is 13.1 Å². The maximum Gasteiger partial charge on any atom is 0.410 e. The Hall–Kier alpha value is -0.950. The van der Waals surface area contributed by atoms with Gasteiger partial charge in [0.15, 0.2) is 0 Å². The molecule has 7 heteroatoms. The Morgan fingerprint density at radius 1 is 1.38 bits per heavy atom. The zero-order valence-electron chi connectivity index (χ0n) is 13.3. The van der Waals surface area contributed by atoms with E-state index in [-0.39, 0.29) is 12.5 Å². The molecule has 0 atom stereocenters. The largest absolute Gasteiger partial charge is 0.481 e. The maximum atomic E-state index is 11.9. The van der Waals surface area contributed by atoms with Crippen LogP contribution >= 0.6 is 11.8 Å². The summed E-state index contributed by atoms with van der Waals surface area (Å²) >= 11 is 1.76. The highest BCUT2D eigenvalue weighted by Gasteiger charge is 2.47. The van der Waals surface area contributed by atoms with Crippen LogP contribution in [0.4, 0.5) is 4.79 Å². The lowest BCUT2D eigenvalue weighted by Crippen LogP contribution is -2.71. The van der Waals surface area contributed by atoms with E-state index < -0.39 is 17.1 Å². The molecule has 1 aliphatic rings. The number of carbonyl (C=O) groups is 2. The minimum atomic E-state index is -0.851. The molecule has 0 aromatic carbocycles. The molecular weight excluding hydrogens is 292 g/mol. The van der Waals surface area contributed by atoms with Crippen LogP contribution in [0.1, 0.15) is 33.6 Å². The molecule has 0 radical (unpaired) electrons. The van der Waals surface area contributed by atoms with Gasteiger partial charge >= 0.3 is 12.1 Å². The number of ether oxygens (including phenoxy) is 1. The summed E-state index contributed by atoms with van der Waals surface area (Å²) in [6.07, 6.45) is 2.66. The molecule has 2 N–H and O–H groups in total. The van der Waals surface area contributed by atoms with E-state index in [4.69, 9.17) is 9.84 Å². The van der Waals surface area contributed by atoms with Gasteiger partial charge in [0.1, 0.15) is 5.60 Å². The number of likely N-dealkylation sites (tertiary alicyclic amines) is 1. The number of carboxylic acid groups (broad SMARTS) is 1. The summed E-state index contributed by atoms with van der Waals surface area (Å²) in [5.74, 6) is 0.183. The van der Waals surface area contributed by atoms with E-state index >= 15 is 0 Å². The normalized spacial score (nSPS) is 17.2. The summed E-state index contributed by atoms with van der Waals surface area (Å²) in [5, 5.41) is 12.4. The molecule has 0 saturated carbocycles. The highest BCUT2D eigenvalue weighted by Crippen LogP contribution is 2.26. The Labute approximate surface area is 130 Å². The smallest absolute Gasteiger partial charge is 0.410 e. The van der Waals surface area contributed by atoms with Gasteiger partial charge in [-0.25, -0.2) is 4.79 Å². The third-order valence-corrected chi connectivity index (χ3v) is 3.85. The van der Waals surface area contributed by atoms with Gasteiger partial charge in [-0.2, -0.15) is 11.8 Å². The monoisotopic (exact) mass is 318 g/mol. The van der Waals surface area contributed by atoms with E-state index in [1.54, 1.807) is 16.7 Å². The highest BCUT2D eigenvalue weighted by molar-refractivity contribution is 7.98. The molecule has 0 bridgehead atoms. The number of hydrogen-bond donors (Lipinski definition) is 2. The standard InChI is InChI=1S/C14H26N2O4S/c1-13(2,3)20-12(19)16-9-14(10-16,8-11(17)18)15-6-5-7-21-4/h15H,5-10H2,1-4H3,(H,17,18). The Balaban J connectivity index is 2.49. The van der Waals surface area contributed by atoms with E-state index in [1.807, 2.05) is 27.0 Å². The van der Waals surface area contributed by atoms with Gasteiger partial charge in [0.25, 0.3) is 0 Å². The molecule has 1 amide bonds. The van der Waals surface area contributed by atoms with Crippen LogP contribution in [-0.4, -0.2) is 64.9 Å². The number of amides is 1. The minimum Gasteiger partial charge on any atom is -0.481 e. The predicted molar refractivity (Wildman–Crippen MR) is 83.8 cm³/mol. The fourth-order valence-electron chi connectivity index (χ4n) is 2.29. The number of carbonyl (C=O) groups excluding carboxylic acids is 1. The molecule has 0 unspecified atom stereocenters. The topological polar surface area (TPSA) is 78.9 Å². The predicted octanol–water partition coefficient (Wildman–Crippen LogP) is 1.79. The van der Waals surface area contributed by atoms with Crippen molar-refractivity contribution in [2.24, 2.45) is 0 Å². The SMILES string of the molecule is CSCCCNC1(CC(=O)O)CN(C(=O)OC(C)(C)C)C1. The van der Waals surface area contributed by atoms with Crippen molar-refractivity contribution in [2.75, 3.05) is 31.6 Å². The number of nitrogens with zero attached hydrogens (tertiary/aromatic N) is 1. The van der Waals surface area contributed by atoms with Crippen molar-refractivity contribution in [3.63, 3.8) is 0 Å². The van der Waals surface area contributed by atoms with Crippen LogP contribution in [-0.2, 0) is 9.53 Å². The molecule has 0 spiro atoms. The van der Waals surface area contributed by atoms with Gasteiger partial charge in [-0.15, -0.1) is 0 Å². The van der Waals surface area contributed by atoms with Gasteiger partial charge in [-0.05, 0) is 45.7 Å². The maximum absolute atomic E-state index is 11.9. The lowest BCUT2D eigenvalue weighted by atomic mass is 9.86. The molecule has 0 aromatic heterocycles. The summed E-state index contributed by atoms with van der Waals surface area (Å²) in [5.41, 5.74) is -1.05. The number of nitrogens with one attached hydrogen (secondary N) is 1. The van der Waals surface area contributed by atoms with E-state index in [0.717, 1.165) is 18.7 Å². The first kappa shape index (κ1) is 18.1. The lowest BCUT2D eigenvalue weighted by Gasteiger charge is -2.49. The fourth-order valence-corrected chi connectivity index (χ4v) is 2.72. The van der Waals surface area contributed by atoms with Gasteiger partial charge in [0.2, 0.25) is 0 Å². The fraction of sp³-hybridized carbons (Fsp3) is 0.857. The molecule has 1 aliphatic heterocycles. The average Bonchev–Trinajstić information content (AvgIpc) is 2.27. The minimum absolute atomic E-state index is 0.0194. The van der Waals surface area contributed by atoms with Crippen LogP contribution in [0.25, 0.3) is 0 Å². The quantitative estimate of drug-likeness (QED) is 0.697. The molecule has 6 nitrogen and oxygen atoms in total. The third kappa shape index (κ3) is 6.13. The van der Waals surface area contributed by atoms with Crippen LogP contribution < -0.4 is 5.32 Å². The second-order valence-corrected chi connectivity index (χ2v) is 7.45. The first-order valence-corrected chi connectivity index (χ1v) is 8.50. The van der Waals surface area contributed by atoms with Crippen molar-refractivity contribution < 1.29 is 19.4 Å². The van der Waals surface area contributed by atoms with Crippen LogP contribution in [0.2, 0.25) is 0 Å². The molecular formula is C14H26N2O4S. The van der Waals surface area contributed by atoms with Gasteiger partial charge in [0.05, 0.1) is 12.0 Å². The molecule has 21 heavy (non-hydrogen) atoms. The van der Waals surface area contributed by atoms with E-state index in [1.165, 1.54) is 0 Å². The number of aliphatic carboxylic acids is 1. The van der Waals surface area contributed by atoms with Crippen molar-refractivity contribution in [1.82, 2.24) is 10.2 Å². The first-order chi connectivity index (χ1) is 9.67. The summed E-state index contributed by atoms with van der Waals surface area (Å²) in [6.45, 7) is 6.97. The van der Waals surface area contributed by atoms with Crippen LogP contribution in [0.5, 0.6) is 0 Å². The Kier molecular flexibility index (Phi) is 6.34. The Morgan fingerprint density at radius 2 is 2.00 bits per heavy atom. The molecule has 0 aromatic rings. The summed E-state index contributed by atoms with van der Waals surface area (Å²) in [4.78, 5) is 24.5. The van der Waals surface area contributed by atoms with Gasteiger partial charge in [-0.1, -0.05) is 0 Å². The number of hydrogen-bond acceptors (Lipinski definition) is 5. The number of rotatable bonds is 7. The molecule has 1 heterocycles. The first-order valence-electron chi connectivity index (χ1n) is 7.11. The van der Waals surface area contributed by atoms with E-state index in [2.05, 4.69) is 5.32 Å². The zero-order valence-corrected chi connectivity index (χ0v) is 14.1. The van der Waals surface area contributed by atoms with E-state index in [0.29, 0.717) is 13.1 Å². The lowest BCUT2D eigenvalue weighted by molar-refractivity contribution is -0.141. The number of thioether (sulfide) groups is 1. The number of carboxylic acids is 1. The van der Waals surface area contributed by atoms with E-state index in [9.17, 15) is 9.59 Å². The Bertz CT molecular complexity index is 376. The zero-order chi connectivity index (χ0) is 16.1. The Morgan fingerprint density at radius 3 is 2.48 bits per heavy atom. The van der Waals surface area contributed by atoms with Crippen molar-refractivity contribution in [3.05, 3.63) is 0 Å². The van der Waals surface area contributed by atoms with Crippen LogP contribution in [0, 0.1) is 0 Å². The molecule has 1 saturated heterocycles. The highest BCUT2D eigenvalue weighted by atomic mass is 32.2. The van der Waals surface area contributed by atoms with Crippen LogP contribution in [0.3, 0.4) is 0 Å². The van der Waals surface area contributed by atoms with Crippen molar-refractivity contribution in [3.8, 4) is 0 Å². The average molecular weight is 318 g/mol. The van der Waals surface area contributed by atoms with Crippen molar-refractivity contribution in [2.45, 2.75) is 44.8 Å². The van der Waals surface area contributed by atoms with Crippen molar-refractivity contribution in [1.29, 1.82) is 0 Å². The van der Waals surface area contributed by atoms with Gasteiger partial charge in [-0.3, -0.25) is 4.79 Å². The van der Waals surface area contributed by atoms with Crippen LogP contribution in [0.15, 0.2) is 0 Å². The second kappa shape index (κ2) is 7.35. The summed E-state index contributed by atoms with van der Waals surface area (Å²) in [6, 6.07) is 0. The summed E-state index contributed by atoms with van der Waals surface area (Å²) in [7, 11) is 0. The summed E-state index contributed by atoms with van der Waals surface area (Å²) < 4.78 is 5.29.